The zero-order valence-electron chi connectivity index (χ0n) is 14.2. The van der Waals surface area contributed by atoms with E-state index in [1.807, 2.05) is 18.2 Å². The Morgan fingerprint density at radius 2 is 1.92 bits per heavy atom. The maximum Gasteiger partial charge on any atom is 0.322 e. The standard InChI is InChI=1S/C20H18FN3O2/c1-24(14-16-8-4-5-12-22-16)20(25)23-18-10-2-3-11-19(18)26-17-9-6-7-15(21)13-17/h2-13H,14H2,1H3,(H,23,25). The minimum atomic E-state index is -0.390. The third-order valence-electron chi connectivity index (χ3n) is 3.62. The summed E-state index contributed by atoms with van der Waals surface area (Å²) in [6, 6.07) is 18.1. The molecule has 0 aliphatic carbocycles. The van der Waals surface area contributed by atoms with Crippen molar-refractivity contribution in [3.05, 3.63) is 84.4 Å². The molecule has 0 fully saturated rings. The van der Waals surface area contributed by atoms with Gasteiger partial charge in [-0.15, -0.1) is 0 Å². The van der Waals surface area contributed by atoms with Gasteiger partial charge in [-0.05, 0) is 36.4 Å². The number of halogens is 1. The molecule has 1 N–H and O–H groups in total. The van der Waals surface area contributed by atoms with E-state index >= 15 is 0 Å². The Balaban J connectivity index is 1.70. The van der Waals surface area contributed by atoms with Crippen molar-refractivity contribution in [2.45, 2.75) is 6.54 Å². The van der Waals surface area contributed by atoms with Crippen LogP contribution in [0.25, 0.3) is 0 Å². The van der Waals surface area contributed by atoms with Crippen LogP contribution < -0.4 is 10.1 Å². The van der Waals surface area contributed by atoms with Crippen LogP contribution in [-0.2, 0) is 6.54 Å². The molecule has 0 saturated carbocycles. The number of nitrogens with zero attached hydrogens (tertiary/aromatic N) is 2. The number of carbonyl (C=O) groups excluding carboxylic acids is 1. The number of pyridine rings is 1. The Labute approximate surface area is 151 Å². The summed E-state index contributed by atoms with van der Waals surface area (Å²) >= 11 is 0. The summed E-state index contributed by atoms with van der Waals surface area (Å²) in [6.45, 7) is 0.375. The van der Waals surface area contributed by atoms with Gasteiger partial charge in [0.25, 0.3) is 0 Å². The quantitative estimate of drug-likeness (QED) is 0.726. The second-order valence-electron chi connectivity index (χ2n) is 5.66. The molecule has 6 heteroatoms. The van der Waals surface area contributed by atoms with Crippen LogP contribution in [0.4, 0.5) is 14.9 Å². The van der Waals surface area contributed by atoms with Crippen molar-refractivity contribution in [1.82, 2.24) is 9.88 Å². The van der Waals surface area contributed by atoms with Gasteiger partial charge in [0.05, 0.1) is 17.9 Å². The predicted molar refractivity (Wildman–Crippen MR) is 97.6 cm³/mol. The van der Waals surface area contributed by atoms with Gasteiger partial charge in [-0.3, -0.25) is 4.98 Å². The molecule has 0 spiro atoms. The zero-order valence-corrected chi connectivity index (χ0v) is 14.2. The molecule has 0 atom stereocenters. The number of urea groups is 1. The topological polar surface area (TPSA) is 54.5 Å². The minimum absolute atomic E-state index is 0.300. The van der Waals surface area contributed by atoms with Crippen LogP contribution in [0.3, 0.4) is 0 Å². The van der Waals surface area contributed by atoms with Gasteiger partial charge in [0, 0.05) is 19.3 Å². The molecule has 0 bridgehead atoms. The van der Waals surface area contributed by atoms with Crippen LogP contribution in [0.15, 0.2) is 72.9 Å². The number of para-hydroxylation sites is 2. The Hall–Kier alpha value is -3.41. The Bertz CT molecular complexity index is 887. The molecule has 1 aromatic heterocycles. The molecule has 0 aliphatic rings. The second-order valence-corrected chi connectivity index (χ2v) is 5.66. The summed E-state index contributed by atoms with van der Waals surface area (Å²) in [7, 11) is 1.68. The average molecular weight is 351 g/mol. The molecule has 5 nitrogen and oxygen atoms in total. The van der Waals surface area contributed by atoms with E-state index in [1.165, 1.54) is 17.0 Å². The molecule has 2 amide bonds. The summed E-state index contributed by atoms with van der Waals surface area (Å²) in [6.07, 6.45) is 1.68. The van der Waals surface area contributed by atoms with Gasteiger partial charge in [0.1, 0.15) is 11.6 Å². The molecular formula is C20H18FN3O2. The number of hydrogen-bond donors (Lipinski definition) is 1. The van der Waals surface area contributed by atoms with E-state index < -0.39 is 0 Å². The third-order valence-corrected chi connectivity index (χ3v) is 3.62. The predicted octanol–water partition coefficient (Wildman–Crippen LogP) is 4.68. The lowest BCUT2D eigenvalue weighted by Gasteiger charge is -2.19. The van der Waals surface area contributed by atoms with E-state index in [0.29, 0.717) is 23.7 Å². The van der Waals surface area contributed by atoms with Crippen LogP contribution in [-0.4, -0.2) is 23.0 Å². The fourth-order valence-electron chi connectivity index (χ4n) is 2.33. The van der Waals surface area contributed by atoms with Gasteiger partial charge in [-0.25, -0.2) is 9.18 Å². The van der Waals surface area contributed by atoms with E-state index in [0.717, 1.165) is 5.69 Å². The van der Waals surface area contributed by atoms with Crippen molar-refractivity contribution >= 4 is 11.7 Å². The second kappa shape index (κ2) is 8.11. The number of carbonyl (C=O) groups is 1. The summed E-state index contributed by atoms with van der Waals surface area (Å²) in [5.74, 6) is 0.394. The van der Waals surface area contributed by atoms with E-state index in [2.05, 4.69) is 10.3 Å². The summed E-state index contributed by atoms with van der Waals surface area (Å²) in [5.41, 5.74) is 1.28. The van der Waals surface area contributed by atoms with Crippen molar-refractivity contribution < 1.29 is 13.9 Å². The van der Waals surface area contributed by atoms with Gasteiger partial charge in [-0.2, -0.15) is 0 Å². The highest BCUT2D eigenvalue weighted by Crippen LogP contribution is 2.29. The van der Waals surface area contributed by atoms with Crippen LogP contribution in [0, 0.1) is 5.82 Å². The zero-order chi connectivity index (χ0) is 18.4. The lowest BCUT2D eigenvalue weighted by atomic mass is 10.3. The van der Waals surface area contributed by atoms with E-state index in [9.17, 15) is 9.18 Å². The highest BCUT2D eigenvalue weighted by Gasteiger charge is 2.13. The van der Waals surface area contributed by atoms with Crippen LogP contribution in [0.5, 0.6) is 11.5 Å². The molecular weight excluding hydrogens is 333 g/mol. The highest BCUT2D eigenvalue weighted by atomic mass is 19.1. The van der Waals surface area contributed by atoms with Crippen LogP contribution in [0.2, 0.25) is 0 Å². The van der Waals surface area contributed by atoms with E-state index in [1.54, 1.807) is 49.6 Å². The first-order valence-corrected chi connectivity index (χ1v) is 8.06. The van der Waals surface area contributed by atoms with Crippen molar-refractivity contribution in [1.29, 1.82) is 0 Å². The molecule has 3 aromatic rings. The van der Waals surface area contributed by atoms with Gasteiger partial charge < -0.3 is 15.0 Å². The van der Waals surface area contributed by atoms with Crippen molar-refractivity contribution in [2.24, 2.45) is 0 Å². The first-order chi connectivity index (χ1) is 12.6. The number of hydrogen-bond acceptors (Lipinski definition) is 3. The maximum absolute atomic E-state index is 13.3. The molecule has 0 unspecified atom stereocenters. The van der Waals surface area contributed by atoms with Crippen molar-refractivity contribution in [3.8, 4) is 11.5 Å². The molecule has 0 saturated heterocycles. The fourth-order valence-corrected chi connectivity index (χ4v) is 2.33. The lowest BCUT2D eigenvalue weighted by Crippen LogP contribution is -2.31. The fraction of sp³-hybridized carbons (Fsp3) is 0.100. The summed E-state index contributed by atoms with van der Waals surface area (Å²) in [4.78, 5) is 18.2. The normalized spacial score (nSPS) is 10.2. The minimum Gasteiger partial charge on any atom is -0.455 e. The molecule has 2 aromatic carbocycles. The SMILES string of the molecule is CN(Cc1ccccn1)C(=O)Nc1ccccc1Oc1cccc(F)c1. The van der Waals surface area contributed by atoms with Gasteiger partial charge in [-0.1, -0.05) is 24.3 Å². The first-order valence-electron chi connectivity index (χ1n) is 8.06. The Kier molecular flexibility index (Phi) is 5.43. The van der Waals surface area contributed by atoms with E-state index in [-0.39, 0.29) is 11.8 Å². The smallest absolute Gasteiger partial charge is 0.322 e. The summed E-state index contributed by atoms with van der Waals surface area (Å²) in [5, 5.41) is 2.81. The van der Waals surface area contributed by atoms with Crippen LogP contribution >= 0.6 is 0 Å². The van der Waals surface area contributed by atoms with Gasteiger partial charge in [0.2, 0.25) is 0 Å². The molecule has 26 heavy (non-hydrogen) atoms. The number of anilines is 1. The molecule has 3 rings (SSSR count). The van der Waals surface area contributed by atoms with Gasteiger partial charge >= 0.3 is 6.03 Å². The number of ether oxygens (including phenoxy) is 1. The molecule has 132 valence electrons. The van der Waals surface area contributed by atoms with Crippen molar-refractivity contribution in [3.63, 3.8) is 0 Å². The number of rotatable bonds is 5. The highest BCUT2D eigenvalue weighted by molar-refractivity contribution is 5.90. The monoisotopic (exact) mass is 351 g/mol. The Morgan fingerprint density at radius 3 is 2.69 bits per heavy atom. The average Bonchev–Trinajstić information content (AvgIpc) is 2.64. The number of nitrogens with one attached hydrogen (secondary N) is 1. The number of aromatic nitrogens is 1. The number of benzene rings is 2. The largest absolute Gasteiger partial charge is 0.455 e. The molecule has 1 heterocycles. The Morgan fingerprint density at radius 1 is 1.12 bits per heavy atom. The summed E-state index contributed by atoms with van der Waals surface area (Å²) < 4.78 is 19.0. The first kappa shape index (κ1) is 17.4. The van der Waals surface area contributed by atoms with Gasteiger partial charge in [0.15, 0.2) is 5.75 Å². The number of amides is 2. The molecule has 0 aliphatic heterocycles. The maximum atomic E-state index is 13.3. The van der Waals surface area contributed by atoms with Crippen molar-refractivity contribution in [2.75, 3.05) is 12.4 Å². The van der Waals surface area contributed by atoms with E-state index in [4.69, 9.17) is 4.74 Å². The van der Waals surface area contributed by atoms with Crippen LogP contribution in [0.1, 0.15) is 5.69 Å². The molecule has 0 radical (unpaired) electrons. The lowest BCUT2D eigenvalue weighted by molar-refractivity contribution is 0.220. The third kappa shape index (κ3) is 4.57.